The van der Waals surface area contributed by atoms with E-state index in [1.807, 2.05) is 0 Å². The molecular weight excluding hydrogens is 463 g/mol. The molecule has 0 aliphatic carbocycles. The summed E-state index contributed by atoms with van der Waals surface area (Å²) in [6.45, 7) is 1.52. The first-order chi connectivity index (χ1) is 16.4. The van der Waals surface area contributed by atoms with E-state index < -0.39 is 23.7 Å². The smallest absolute Gasteiger partial charge is 0.251 e. The Hall–Kier alpha value is -3.82. The summed E-state index contributed by atoms with van der Waals surface area (Å²) in [7, 11) is 1.46. The van der Waals surface area contributed by atoms with Crippen molar-refractivity contribution < 1.29 is 23.6 Å². The standard InChI is InChI=1S/C24H20ClFN4O4/c1-13-28-24(34-30-13)15-5-3-14(4-6-15)23(32)27-12-20(31)19-9-10-21(33-2)22(29-19)16-7-8-18(26)17(25)11-16/h3-11,24H,12H2,1-2H3,(H,27,32)(H,28,30). The molecule has 2 N–H and O–H groups in total. The number of amidine groups is 1. The van der Waals surface area contributed by atoms with Gasteiger partial charge in [-0.3, -0.25) is 15.1 Å². The lowest BCUT2D eigenvalue weighted by Crippen LogP contribution is -2.30. The first-order valence-corrected chi connectivity index (χ1v) is 10.6. The molecule has 0 fully saturated rings. The van der Waals surface area contributed by atoms with Gasteiger partial charge in [-0.2, -0.15) is 0 Å². The summed E-state index contributed by atoms with van der Waals surface area (Å²) < 4.78 is 18.9. The number of amides is 1. The van der Waals surface area contributed by atoms with Crippen molar-refractivity contribution in [1.29, 1.82) is 0 Å². The maximum atomic E-state index is 13.5. The van der Waals surface area contributed by atoms with Crippen LogP contribution in [0.25, 0.3) is 11.3 Å². The molecule has 8 nitrogen and oxygen atoms in total. The minimum absolute atomic E-state index is 0.0749. The van der Waals surface area contributed by atoms with Gasteiger partial charge >= 0.3 is 0 Å². The van der Waals surface area contributed by atoms with E-state index in [1.165, 1.54) is 31.4 Å². The predicted molar refractivity (Wildman–Crippen MR) is 124 cm³/mol. The highest BCUT2D eigenvalue weighted by Crippen LogP contribution is 2.31. The number of hydroxylamine groups is 1. The Morgan fingerprint density at radius 2 is 1.94 bits per heavy atom. The van der Waals surface area contributed by atoms with Crippen molar-refractivity contribution in [2.45, 2.75) is 13.2 Å². The Labute approximate surface area is 199 Å². The molecule has 0 saturated heterocycles. The van der Waals surface area contributed by atoms with Gasteiger partial charge in [-0.1, -0.05) is 23.7 Å². The lowest BCUT2D eigenvalue weighted by atomic mass is 10.1. The predicted octanol–water partition coefficient (Wildman–Crippen LogP) is 4.11. The van der Waals surface area contributed by atoms with Crippen LogP contribution in [-0.4, -0.2) is 36.2 Å². The van der Waals surface area contributed by atoms with Crippen LogP contribution in [-0.2, 0) is 4.84 Å². The molecule has 0 spiro atoms. The topological polar surface area (TPSA) is 102 Å². The highest BCUT2D eigenvalue weighted by atomic mass is 35.5. The van der Waals surface area contributed by atoms with Crippen molar-refractivity contribution >= 4 is 29.1 Å². The molecular formula is C24H20ClFN4O4. The number of pyridine rings is 1. The van der Waals surface area contributed by atoms with E-state index in [9.17, 15) is 14.0 Å². The number of carbonyl (C=O) groups is 2. The van der Waals surface area contributed by atoms with Gasteiger partial charge in [0.05, 0.1) is 18.7 Å². The van der Waals surface area contributed by atoms with E-state index in [1.54, 1.807) is 37.3 Å². The second-order valence-corrected chi connectivity index (χ2v) is 7.80. The number of nitrogens with zero attached hydrogens (tertiary/aromatic N) is 2. The average molecular weight is 483 g/mol. The number of ether oxygens (including phenoxy) is 1. The van der Waals surface area contributed by atoms with Gasteiger partial charge in [-0.25, -0.2) is 19.2 Å². The molecule has 0 bridgehead atoms. The van der Waals surface area contributed by atoms with Crippen molar-refractivity contribution in [3.8, 4) is 17.0 Å². The summed E-state index contributed by atoms with van der Waals surface area (Å²) in [6.07, 6.45) is -0.468. The van der Waals surface area contributed by atoms with Crippen molar-refractivity contribution in [3.05, 3.63) is 82.3 Å². The zero-order valence-electron chi connectivity index (χ0n) is 18.3. The number of Topliss-reactive ketones (excluding diaryl/α,β-unsaturated/α-hetero) is 1. The summed E-state index contributed by atoms with van der Waals surface area (Å²) in [5.74, 6) is -0.323. The third-order valence-electron chi connectivity index (χ3n) is 5.05. The van der Waals surface area contributed by atoms with Crippen molar-refractivity contribution in [2.75, 3.05) is 13.7 Å². The van der Waals surface area contributed by atoms with Crippen molar-refractivity contribution in [3.63, 3.8) is 0 Å². The highest BCUT2D eigenvalue weighted by Gasteiger charge is 2.19. The van der Waals surface area contributed by atoms with Crippen molar-refractivity contribution in [2.24, 2.45) is 4.99 Å². The molecule has 3 aromatic rings. The van der Waals surface area contributed by atoms with Crippen LogP contribution in [0.3, 0.4) is 0 Å². The Morgan fingerprint density at radius 3 is 2.59 bits per heavy atom. The minimum atomic E-state index is -0.567. The van der Waals surface area contributed by atoms with E-state index in [4.69, 9.17) is 21.2 Å². The second-order valence-electron chi connectivity index (χ2n) is 7.39. The number of carbonyl (C=O) groups excluding carboxylic acids is 2. The Balaban J connectivity index is 1.44. The van der Waals surface area contributed by atoms with Crippen LogP contribution in [0.4, 0.5) is 4.39 Å². The zero-order chi connectivity index (χ0) is 24.2. The molecule has 174 valence electrons. The lowest BCUT2D eigenvalue weighted by molar-refractivity contribution is 0.0374. The van der Waals surface area contributed by atoms with Gasteiger partial charge in [0.1, 0.15) is 28.8 Å². The van der Waals surface area contributed by atoms with Crippen LogP contribution in [0.5, 0.6) is 5.75 Å². The number of aliphatic imine (C=N–C) groups is 1. The molecule has 0 radical (unpaired) electrons. The molecule has 1 aliphatic rings. The number of nitrogens with one attached hydrogen (secondary N) is 2. The van der Waals surface area contributed by atoms with Crippen LogP contribution >= 0.6 is 11.6 Å². The number of ketones is 1. The maximum absolute atomic E-state index is 13.5. The molecule has 1 aliphatic heterocycles. The summed E-state index contributed by atoms with van der Waals surface area (Å²) >= 11 is 5.88. The number of rotatable bonds is 7. The van der Waals surface area contributed by atoms with E-state index in [2.05, 4.69) is 20.8 Å². The largest absolute Gasteiger partial charge is 0.494 e. The summed E-state index contributed by atoms with van der Waals surface area (Å²) in [5, 5.41) is 2.52. The van der Waals surface area contributed by atoms with Gasteiger partial charge < -0.3 is 10.1 Å². The number of benzene rings is 2. The molecule has 1 atom stereocenters. The van der Waals surface area contributed by atoms with Gasteiger partial charge in [0.2, 0.25) is 6.23 Å². The lowest BCUT2D eigenvalue weighted by Gasteiger charge is -2.11. The fourth-order valence-electron chi connectivity index (χ4n) is 3.28. The molecule has 2 aromatic carbocycles. The van der Waals surface area contributed by atoms with E-state index in [0.29, 0.717) is 28.4 Å². The van der Waals surface area contributed by atoms with E-state index in [-0.39, 0.29) is 17.3 Å². The number of hydrogen-bond donors (Lipinski definition) is 2. The Morgan fingerprint density at radius 1 is 1.18 bits per heavy atom. The molecule has 1 amide bonds. The van der Waals surface area contributed by atoms with Crippen LogP contribution in [0.2, 0.25) is 5.02 Å². The van der Waals surface area contributed by atoms with Crippen LogP contribution in [0, 0.1) is 5.82 Å². The second kappa shape index (κ2) is 9.98. The molecule has 2 heterocycles. The number of methoxy groups -OCH3 is 1. The Bertz CT molecular complexity index is 1280. The zero-order valence-corrected chi connectivity index (χ0v) is 19.0. The van der Waals surface area contributed by atoms with Gasteiger partial charge in [0, 0.05) is 16.7 Å². The summed E-state index contributed by atoms with van der Waals surface area (Å²) in [5.41, 5.74) is 4.78. The maximum Gasteiger partial charge on any atom is 0.251 e. The summed E-state index contributed by atoms with van der Waals surface area (Å²) in [6, 6.07) is 13.9. The fraction of sp³-hybridized carbons (Fsp3) is 0.167. The quantitative estimate of drug-likeness (QED) is 0.491. The molecule has 4 rings (SSSR count). The van der Waals surface area contributed by atoms with Crippen molar-refractivity contribution in [1.82, 2.24) is 15.8 Å². The molecule has 1 unspecified atom stereocenters. The number of aromatic nitrogens is 1. The summed E-state index contributed by atoms with van der Waals surface area (Å²) in [4.78, 5) is 39.1. The van der Waals surface area contributed by atoms with Crippen LogP contribution in [0.1, 0.15) is 39.6 Å². The van der Waals surface area contributed by atoms with Gasteiger partial charge in [-0.15, -0.1) is 0 Å². The van der Waals surface area contributed by atoms with Gasteiger partial charge in [-0.05, 0) is 49.4 Å². The van der Waals surface area contributed by atoms with Gasteiger partial charge in [0.25, 0.3) is 5.91 Å². The third kappa shape index (κ3) is 5.05. The molecule has 0 saturated carbocycles. The highest BCUT2D eigenvalue weighted by molar-refractivity contribution is 6.31. The van der Waals surface area contributed by atoms with E-state index >= 15 is 0 Å². The number of hydrogen-bond acceptors (Lipinski definition) is 7. The number of halogens is 2. The molecule has 1 aromatic heterocycles. The fourth-order valence-corrected chi connectivity index (χ4v) is 3.46. The van der Waals surface area contributed by atoms with Crippen LogP contribution < -0.4 is 15.5 Å². The first-order valence-electron chi connectivity index (χ1n) is 10.2. The van der Waals surface area contributed by atoms with Gasteiger partial charge in [0.15, 0.2) is 5.78 Å². The first kappa shape index (κ1) is 23.3. The van der Waals surface area contributed by atoms with E-state index in [0.717, 1.165) is 5.56 Å². The SMILES string of the molecule is COc1ccc(C(=O)CNC(=O)c2ccc(C3N=C(C)NO3)cc2)nc1-c1ccc(F)c(Cl)c1. The molecule has 10 heteroatoms. The molecule has 34 heavy (non-hydrogen) atoms. The third-order valence-corrected chi connectivity index (χ3v) is 5.34. The normalized spacial score (nSPS) is 14.8. The average Bonchev–Trinajstić information content (AvgIpc) is 3.30. The minimum Gasteiger partial charge on any atom is -0.494 e. The van der Waals surface area contributed by atoms with Crippen LogP contribution in [0.15, 0.2) is 59.6 Å². The monoisotopic (exact) mass is 482 g/mol. The Kier molecular flexibility index (Phi) is 6.85.